The normalized spacial score (nSPS) is 22.2. The van der Waals surface area contributed by atoms with Crippen molar-refractivity contribution in [2.24, 2.45) is 11.7 Å². The minimum atomic E-state index is -3.67. The maximum absolute atomic E-state index is 13.0. The number of nitrogens with two attached hydrogens (primary N) is 1. The van der Waals surface area contributed by atoms with Gasteiger partial charge in [0.2, 0.25) is 5.91 Å². The highest BCUT2D eigenvalue weighted by Gasteiger charge is 2.32. The third-order valence-electron chi connectivity index (χ3n) is 4.70. The number of nitrogens with zero attached hydrogens (tertiary/aromatic N) is 1. The summed E-state index contributed by atoms with van der Waals surface area (Å²) in [4.78, 5) is 14.3. The zero-order valence-electron chi connectivity index (χ0n) is 14.5. The van der Waals surface area contributed by atoms with Gasteiger partial charge in [-0.15, -0.1) is 12.4 Å². The van der Waals surface area contributed by atoms with Crippen LogP contribution in [0, 0.1) is 11.7 Å². The molecular weight excluding hydrogens is 367 g/mol. The van der Waals surface area contributed by atoms with Gasteiger partial charge in [-0.05, 0) is 49.9 Å². The molecule has 1 aliphatic rings. The predicted octanol–water partition coefficient (Wildman–Crippen LogP) is 2.39. The molecule has 1 amide bonds. The molecule has 3 unspecified atom stereocenters. The summed E-state index contributed by atoms with van der Waals surface area (Å²) in [5.41, 5.74) is 5.77. The lowest BCUT2D eigenvalue weighted by molar-refractivity contribution is -0.135. The Morgan fingerprint density at radius 2 is 1.96 bits per heavy atom. The van der Waals surface area contributed by atoms with Gasteiger partial charge in [-0.1, -0.05) is 6.92 Å². The molecule has 1 aromatic rings. The van der Waals surface area contributed by atoms with Crippen LogP contribution in [0.3, 0.4) is 0 Å². The van der Waals surface area contributed by atoms with Crippen molar-refractivity contribution in [1.29, 1.82) is 0 Å². The second-order valence-electron chi connectivity index (χ2n) is 6.62. The molecule has 1 saturated heterocycles. The molecular formula is C17H26ClFN2O3S. The van der Waals surface area contributed by atoms with Crippen molar-refractivity contribution in [3.63, 3.8) is 0 Å². The van der Waals surface area contributed by atoms with Crippen molar-refractivity contribution >= 4 is 28.2 Å². The van der Waals surface area contributed by atoms with Crippen molar-refractivity contribution < 1.29 is 17.6 Å². The van der Waals surface area contributed by atoms with Gasteiger partial charge < -0.3 is 10.6 Å². The molecule has 2 N–H and O–H groups in total. The summed E-state index contributed by atoms with van der Waals surface area (Å²) in [5.74, 6) is -0.163. The van der Waals surface area contributed by atoms with E-state index in [4.69, 9.17) is 5.73 Å². The quantitative estimate of drug-likeness (QED) is 0.780. The van der Waals surface area contributed by atoms with Crippen molar-refractivity contribution in [2.75, 3.05) is 13.1 Å². The molecule has 2 rings (SSSR count). The van der Waals surface area contributed by atoms with Crippen molar-refractivity contribution in [1.82, 2.24) is 4.90 Å². The van der Waals surface area contributed by atoms with Gasteiger partial charge in [0.1, 0.15) is 5.82 Å². The van der Waals surface area contributed by atoms with Crippen molar-refractivity contribution in [3.05, 3.63) is 30.1 Å². The standard InChI is InChI=1S/C17H25FN2O3S.ClH/c1-12-7-8-20(15(9-12)11-19)17(21)10-13(2)24(22,23)16-5-3-14(18)4-6-16;/h3-6,12-13,15H,7-11,19H2,1-2H3;1H. The fourth-order valence-electron chi connectivity index (χ4n) is 3.13. The van der Waals surface area contributed by atoms with Crippen LogP contribution in [0.15, 0.2) is 29.2 Å². The molecule has 0 spiro atoms. The van der Waals surface area contributed by atoms with Gasteiger partial charge in [0.15, 0.2) is 9.84 Å². The fourth-order valence-corrected chi connectivity index (χ4v) is 4.47. The predicted molar refractivity (Wildman–Crippen MR) is 97.9 cm³/mol. The lowest BCUT2D eigenvalue weighted by Crippen LogP contribution is -2.50. The zero-order chi connectivity index (χ0) is 17.9. The molecule has 0 aromatic heterocycles. The molecule has 0 bridgehead atoms. The Hall–Kier alpha value is -1.18. The van der Waals surface area contributed by atoms with E-state index in [0.717, 1.165) is 25.0 Å². The summed E-state index contributed by atoms with van der Waals surface area (Å²) in [6.07, 6.45) is 1.66. The largest absolute Gasteiger partial charge is 0.338 e. The Kier molecular flexibility index (Phi) is 7.84. The fraction of sp³-hybridized carbons (Fsp3) is 0.588. The molecule has 8 heteroatoms. The highest BCUT2D eigenvalue weighted by atomic mass is 35.5. The van der Waals surface area contributed by atoms with Crippen molar-refractivity contribution in [3.8, 4) is 0 Å². The van der Waals surface area contributed by atoms with E-state index in [9.17, 15) is 17.6 Å². The Morgan fingerprint density at radius 3 is 2.52 bits per heavy atom. The Labute approximate surface area is 155 Å². The van der Waals surface area contributed by atoms with Crippen LogP contribution in [-0.4, -0.2) is 43.6 Å². The Balaban J connectivity index is 0.00000312. The maximum Gasteiger partial charge on any atom is 0.224 e. The monoisotopic (exact) mass is 392 g/mol. The third kappa shape index (κ3) is 5.15. The Morgan fingerprint density at radius 1 is 1.36 bits per heavy atom. The SMILES string of the molecule is CC1CCN(C(=O)CC(C)S(=O)(=O)c2ccc(F)cc2)C(CN)C1.Cl. The molecule has 1 fully saturated rings. The van der Waals surface area contributed by atoms with Gasteiger partial charge in [-0.2, -0.15) is 0 Å². The number of sulfone groups is 1. The second-order valence-corrected chi connectivity index (χ2v) is 8.99. The molecule has 1 aliphatic heterocycles. The van der Waals surface area contributed by atoms with Crippen LogP contribution in [0.2, 0.25) is 0 Å². The van der Waals surface area contributed by atoms with Crippen LogP contribution >= 0.6 is 12.4 Å². The second kappa shape index (κ2) is 8.96. The highest BCUT2D eigenvalue weighted by molar-refractivity contribution is 7.92. The van der Waals surface area contributed by atoms with Gasteiger partial charge in [0, 0.05) is 25.6 Å². The maximum atomic E-state index is 13.0. The number of piperidine rings is 1. The lowest BCUT2D eigenvalue weighted by Gasteiger charge is -2.38. The van der Waals surface area contributed by atoms with Gasteiger partial charge in [0.05, 0.1) is 10.1 Å². The zero-order valence-corrected chi connectivity index (χ0v) is 16.2. The summed E-state index contributed by atoms with van der Waals surface area (Å²) in [6.45, 7) is 4.65. The number of halogens is 2. The summed E-state index contributed by atoms with van der Waals surface area (Å²) >= 11 is 0. The number of benzene rings is 1. The number of carbonyl (C=O) groups excluding carboxylic acids is 1. The first kappa shape index (κ1) is 21.9. The summed E-state index contributed by atoms with van der Waals surface area (Å²) < 4.78 is 38.1. The van der Waals surface area contributed by atoms with E-state index in [0.29, 0.717) is 19.0 Å². The molecule has 142 valence electrons. The first-order chi connectivity index (χ1) is 11.3. The number of amides is 1. The number of carbonyl (C=O) groups is 1. The van der Waals surface area contributed by atoms with Gasteiger partial charge >= 0.3 is 0 Å². The van der Waals surface area contributed by atoms with E-state index in [2.05, 4.69) is 6.92 Å². The third-order valence-corrected chi connectivity index (χ3v) is 6.86. The van der Waals surface area contributed by atoms with Gasteiger partial charge in [-0.25, -0.2) is 12.8 Å². The van der Waals surface area contributed by atoms with Gasteiger partial charge in [0.25, 0.3) is 0 Å². The molecule has 0 radical (unpaired) electrons. The van der Waals surface area contributed by atoms with Crippen LogP contribution in [0.1, 0.15) is 33.1 Å². The van der Waals surface area contributed by atoms with E-state index in [1.165, 1.54) is 19.1 Å². The summed E-state index contributed by atoms with van der Waals surface area (Å²) in [7, 11) is -3.67. The van der Waals surface area contributed by atoms with Gasteiger partial charge in [-0.3, -0.25) is 4.79 Å². The average Bonchev–Trinajstić information content (AvgIpc) is 2.54. The first-order valence-electron chi connectivity index (χ1n) is 8.24. The Bertz CT molecular complexity index is 682. The molecule has 1 aromatic carbocycles. The van der Waals surface area contributed by atoms with E-state index < -0.39 is 20.9 Å². The summed E-state index contributed by atoms with van der Waals surface area (Å²) in [5, 5.41) is -0.867. The van der Waals surface area contributed by atoms with E-state index in [-0.39, 0.29) is 35.7 Å². The molecule has 3 atom stereocenters. The molecule has 0 saturated carbocycles. The van der Waals surface area contributed by atoms with Crippen LogP contribution < -0.4 is 5.73 Å². The van der Waals surface area contributed by atoms with Crippen molar-refractivity contribution in [2.45, 2.75) is 49.3 Å². The minimum Gasteiger partial charge on any atom is -0.338 e. The first-order valence-corrected chi connectivity index (χ1v) is 9.79. The van der Waals surface area contributed by atoms with E-state index in [1.54, 1.807) is 4.90 Å². The molecule has 5 nitrogen and oxygen atoms in total. The highest BCUT2D eigenvalue weighted by Crippen LogP contribution is 2.25. The molecule has 0 aliphatic carbocycles. The lowest BCUT2D eigenvalue weighted by atomic mass is 9.92. The average molecular weight is 393 g/mol. The van der Waals surface area contributed by atoms with Crippen LogP contribution in [-0.2, 0) is 14.6 Å². The number of hydrogen-bond acceptors (Lipinski definition) is 4. The van der Waals surface area contributed by atoms with E-state index in [1.807, 2.05) is 0 Å². The summed E-state index contributed by atoms with van der Waals surface area (Å²) in [6, 6.07) is 4.66. The topological polar surface area (TPSA) is 80.5 Å². The number of hydrogen-bond donors (Lipinski definition) is 1. The number of rotatable bonds is 5. The van der Waals surface area contributed by atoms with Crippen LogP contribution in [0.4, 0.5) is 4.39 Å². The minimum absolute atomic E-state index is 0. The van der Waals surface area contributed by atoms with E-state index >= 15 is 0 Å². The number of likely N-dealkylation sites (tertiary alicyclic amines) is 1. The molecule has 1 heterocycles. The van der Waals surface area contributed by atoms with Crippen LogP contribution in [0.5, 0.6) is 0 Å². The smallest absolute Gasteiger partial charge is 0.224 e. The van der Waals surface area contributed by atoms with Crippen LogP contribution in [0.25, 0.3) is 0 Å². The molecule has 25 heavy (non-hydrogen) atoms.